The third-order valence-electron chi connectivity index (χ3n) is 6.47. The van der Waals surface area contributed by atoms with Crippen molar-refractivity contribution >= 4 is 52.4 Å². The van der Waals surface area contributed by atoms with Crippen molar-refractivity contribution in [3.8, 4) is 0 Å². The quantitative estimate of drug-likeness (QED) is 0.350. The standard InChI is InChI=1S/C23H27ClN8O5S/c1-31(2)23(36)12-3-5-14(26-19(33)20(34)29-18-6-4-13(24)10-25-18)16(9-12)27-21(35)22-28-15-7-8-32(30-37)11-17(15)38-22/h4,6,10,12,14,16H,3,5,7-9,11H2,1-2H3,(H,26,33)(H,27,35)(H,25,29,34)/t12-,14-,16+/m0/s1. The normalized spacial score (nSPS) is 20.6. The lowest BCUT2D eigenvalue weighted by molar-refractivity contribution is -0.137. The first-order valence-corrected chi connectivity index (χ1v) is 13.2. The Bertz CT molecular complexity index is 1240. The summed E-state index contributed by atoms with van der Waals surface area (Å²) in [6.45, 7) is 0.725. The van der Waals surface area contributed by atoms with Gasteiger partial charge in [-0.15, -0.1) is 16.2 Å². The van der Waals surface area contributed by atoms with E-state index in [1.807, 2.05) is 0 Å². The number of aromatic nitrogens is 2. The van der Waals surface area contributed by atoms with Crippen molar-refractivity contribution in [3.63, 3.8) is 0 Å². The van der Waals surface area contributed by atoms with E-state index in [2.05, 4.69) is 31.2 Å². The minimum atomic E-state index is -0.919. The van der Waals surface area contributed by atoms with Crippen LogP contribution in [0.4, 0.5) is 5.82 Å². The molecular weight excluding hydrogens is 536 g/mol. The Hall–Kier alpha value is -3.65. The van der Waals surface area contributed by atoms with Crippen molar-refractivity contribution in [2.75, 3.05) is 26.0 Å². The molecule has 4 amide bonds. The molecule has 1 aliphatic heterocycles. The number of carbonyl (C=O) groups excluding carboxylic acids is 4. The molecule has 15 heteroatoms. The summed E-state index contributed by atoms with van der Waals surface area (Å²) in [7, 11) is 3.33. The van der Waals surface area contributed by atoms with Crippen molar-refractivity contribution in [3.05, 3.63) is 43.8 Å². The number of fused-ring (bicyclic) bond motifs is 1. The fourth-order valence-corrected chi connectivity index (χ4v) is 5.66. The molecule has 38 heavy (non-hydrogen) atoms. The van der Waals surface area contributed by atoms with Gasteiger partial charge in [0.1, 0.15) is 5.82 Å². The Balaban J connectivity index is 1.46. The first kappa shape index (κ1) is 27.4. The summed E-state index contributed by atoms with van der Waals surface area (Å²) < 4.78 is 0. The zero-order valence-corrected chi connectivity index (χ0v) is 22.3. The Morgan fingerprint density at radius 2 is 1.92 bits per heavy atom. The van der Waals surface area contributed by atoms with Crippen LogP contribution in [0.2, 0.25) is 5.02 Å². The van der Waals surface area contributed by atoms with E-state index in [-0.39, 0.29) is 29.1 Å². The highest BCUT2D eigenvalue weighted by molar-refractivity contribution is 7.13. The van der Waals surface area contributed by atoms with E-state index in [1.54, 1.807) is 14.1 Å². The van der Waals surface area contributed by atoms with Crippen molar-refractivity contribution < 1.29 is 19.2 Å². The molecule has 3 atom stereocenters. The molecule has 2 aliphatic rings. The average Bonchev–Trinajstić information content (AvgIpc) is 3.34. The van der Waals surface area contributed by atoms with Crippen molar-refractivity contribution in [2.24, 2.45) is 11.2 Å². The summed E-state index contributed by atoms with van der Waals surface area (Å²) in [5.74, 6) is -2.53. The predicted molar refractivity (Wildman–Crippen MR) is 139 cm³/mol. The van der Waals surface area contributed by atoms with Gasteiger partial charge < -0.3 is 20.9 Å². The van der Waals surface area contributed by atoms with Gasteiger partial charge in [0.15, 0.2) is 5.01 Å². The Morgan fingerprint density at radius 3 is 2.61 bits per heavy atom. The molecule has 3 N–H and O–H groups in total. The van der Waals surface area contributed by atoms with E-state index in [4.69, 9.17) is 11.6 Å². The number of halogens is 1. The number of rotatable bonds is 6. The van der Waals surface area contributed by atoms with Crippen molar-refractivity contribution in [2.45, 2.75) is 44.3 Å². The molecule has 2 aromatic rings. The SMILES string of the molecule is CN(C)C(=O)[C@H]1CC[C@H](NC(=O)C(=O)Nc2ccc(Cl)cn2)[C@H](NC(=O)c2nc3c(s2)CN(N=O)CC3)C1. The van der Waals surface area contributed by atoms with Gasteiger partial charge in [0.25, 0.3) is 5.91 Å². The van der Waals surface area contributed by atoms with E-state index >= 15 is 0 Å². The monoisotopic (exact) mass is 562 g/mol. The average molecular weight is 563 g/mol. The largest absolute Gasteiger partial charge is 0.349 e. The van der Waals surface area contributed by atoms with Gasteiger partial charge in [0.05, 0.1) is 28.6 Å². The topological polar surface area (TPSA) is 166 Å². The minimum Gasteiger partial charge on any atom is -0.349 e. The van der Waals surface area contributed by atoms with Gasteiger partial charge in [-0.2, -0.15) is 0 Å². The third kappa shape index (κ3) is 6.42. The number of pyridine rings is 1. The van der Waals surface area contributed by atoms with Gasteiger partial charge in [0.2, 0.25) is 5.91 Å². The molecular formula is C23H27ClN8O5S. The second kappa shape index (κ2) is 11.8. The Morgan fingerprint density at radius 1 is 1.13 bits per heavy atom. The molecule has 0 radical (unpaired) electrons. The highest BCUT2D eigenvalue weighted by Gasteiger charge is 2.37. The lowest BCUT2D eigenvalue weighted by Crippen LogP contribution is -2.57. The van der Waals surface area contributed by atoms with E-state index in [1.165, 1.54) is 39.6 Å². The molecule has 2 aromatic heterocycles. The fourth-order valence-electron chi connectivity index (χ4n) is 4.53. The van der Waals surface area contributed by atoms with E-state index in [0.29, 0.717) is 37.4 Å². The van der Waals surface area contributed by atoms with Crippen LogP contribution in [0.25, 0.3) is 0 Å². The molecule has 1 fully saturated rings. The number of thiazole rings is 1. The lowest BCUT2D eigenvalue weighted by Gasteiger charge is -2.37. The van der Waals surface area contributed by atoms with Crippen molar-refractivity contribution in [1.29, 1.82) is 0 Å². The van der Waals surface area contributed by atoms with Crippen LogP contribution >= 0.6 is 22.9 Å². The second-order valence-corrected chi connectivity index (χ2v) is 10.8. The first-order chi connectivity index (χ1) is 18.1. The number of nitroso groups, excluding NO2 is 1. The van der Waals surface area contributed by atoms with Crippen LogP contribution in [0.1, 0.15) is 39.6 Å². The summed E-state index contributed by atoms with van der Waals surface area (Å²) in [4.78, 5) is 72.5. The van der Waals surface area contributed by atoms with Crippen LogP contribution in [-0.2, 0) is 27.3 Å². The number of anilines is 1. The molecule has 3 heterocycles. The maximum absolute atomic E-state index is 13.2. The van der Waals surface area contributed by atoms with Crippen LogP contribution in [0, 0.1) is 10.8 Å². The maximum atomic E-state index is 13.2. The van der Waals surface area contributed by atoms with Crippen molar-refractivity contribution in [1.82, 2.24) is 30.5 Å². The number of carbonyl (C=O) groups is 4. The number of amides is 4. The Labute approximate surface area is 227 Å². The highest BCUT2D eigenvalue weighted by atomic mass is 35.5. The molecule has 0 bridgehead atoms. The number of hydrogen-bond acceptors (Lipinski definition) is 9. The summed E-state index contributed by atoms with van der Waals surface area (Å²) in [6, 6.07) is 1.78. The van der Waals surface area contributed by atoms with Crippen LogP contribution in [0.5, 0.6) is 0 Å². The van der Waals surface area contributed by atoms with Gasteiger partial charge in [-0.05, 0) is 31.4 Å². The Kier molecular flexibility index (Phi) is 8.52. The number of nitrogens with zero attached hydrogens (tertiary/aromatic N) is 5. The molecule has 1 saturated carbocycles. The molecule has 202 valence electrons. The fraction of sp³-hybridized carbons (Fsp3) is 0.478. The van der Waals surface area contributed by atoms with Crippen LogP contribution < -0.4 is 16.0 Å². The van der Waals surface area contributed by atoms with Gasteiger partial charge in [0, 0.05) is 50.1 Å². The van der Waals surface area contributed by atoms with Gasteiger partial charge in [-0.1, -0.05) is 11.6 Å². The van der Waals surface area contributed by atoms with Gasteiger partial charge in [-0.25, -0.2) is 9.97 Å². The number of hydrogen-bond donors (Lipinski definition) is 3. The summed E-state index contributed by atoms with van der Waals surface area (Å²) in [5, 5.41) is 12.9. The molecule has 0 unspecified atom stereocenters. The highest BCUT2D eigenvalue weighted by Crippen LogP contribution is 2.28. The molecule has 1 aliphatic carbocycles. The summed E-state index contributed by atoms with van der Waals surface area (Å²) >= 11 is 6.98. The molecule has 0 saturated heterocycles. The van der Waals surface area contributed by atoms with Gasteiger partial charge in [-0.3, -0.25) is 24.2 Å². The zero-order valence-electron chi connectivity index (χ0n) is 20.8. The van der Waals surface area contributed by atoms with Crippen LogP contribution in [0.3, 0.4) is 0 Å². The van der Waals surface area contributed by atoms with E-state index in [9.17, 15) is 24.1 Å². The predicted octanol–water partition coefficient (Wildman–Crippen LogP) is 1.34. The molecule has 13 nitrogen and oxygen atoms in total. The lowest BCUT2D eigenvalue weighted by atomic mass is 9.81. The molecule has 4 rings (SSSR count). The van der Waals surface area contributed by atoms with Crippen LogP contribution in [-0.4, -0.2) is 76.2 Å². The molecule has 0 aromatic carbocycles. The van der Waals surface area contributed by atoms with Gasteiger partial charge >= 0.3 is 11.8 Å². The van der Waals surface area contributed by atoms with Crippen LogP contribution in [0.15, 0.2) is 23.6 Å². The maximum Gasteiger partial charge on any atom is 0.314 e. The number of nitrogens with one attached hydrogen (secondary N) is 3. The first-order valence-electron chi connectivity index (χ1n) is 12.0. The third-order valence-corrected chi connectivity index (χ3v) is 7.77. The summed E-state index contributed by atoms with van der Waals surface area (Å²) in [6.07, 6.45) is 2.98. The smallest absolute Gasteiger partial charge is 0.314 e. The second-order valence-electron chi connectivity index (χ2n) is 9.33. The minimum absolute atomic E-state index is 0.0771. The summed E-state index contributed by atoms with van der Waals surface area (Å²) in [5.41, 5.74) is 0.752. The zero-order chi connectivity index (χ0) is 27.4. The van der Waals surface area contributed by atoms with E-state index < -0.39 is 29.8 Å². The molecule has 0 spiro atoms. The van der Waals surface area contributed by atoms with E-state index in [0.717, 1.165) is 10.6 Å².